The predicted molar refractivity (Wildman–Crippen MR) is 94.0 cm³/mol. The Morgan fingerprint density at radius 3 is 2.43 bits per heavy atom. The molecule has 0 unspecified atom stereocenters. The van der Waals surface area contributed by atoms with E-state index in [0.29, 0.717) is 17.3 Å². The second-order valence-electron chi connectivity index (χ2n) is 6.50. The van der Waals surface area contributed by atoms with Gasteiger partial charge in [0.05, 0.1) is 5.56 Å². The number of aryl methyl sites for hydroxylation is 2. The number of hydrogen-bond acceptors (Lipinski definition) is 3. The van der Waals surface area contributed by atoms with Crippen LogP contribution in [0.5, 0.6) is 0 Å². The van der Waals surface area contributed by atoms with Gasteiger partial charge in [0.2, 0.25) is 0 Å². The molecule has 0 amide bonds. The third kappa shape index (κ3) is 3.53. The third-order valence-corrected chi connectivity index (χ3v) is 4.71. The van der Waals surface area contributed by atoms with Gasteiger partial charge >= 0.3 is 0 Å². The zero-order chi connectivity index (χ0) is 16.2. The van der Waals surface area contributed by atoms with E-state index >= 15 is 0 Å². The molecule has 0 radical (unpaired) electrons. The SMILES string of the molecule is Cc1cc(C)c(C#N)c(Nc2ccc(C3CCCCC3)cc2)n1. The molecule has 1 aliphatic carbocycles. The van der Waals surface area contributed by atoms with Crippen molar-refractivity contribution in [1.82, 2.24) is 4.98 Å². The number of anilines is 2. The third-order valence-electron chi connectivity index (χ3n) is 4.71. The summed E-state index contributed by atoms with van der Waals surface area (Å²) < 4.78 is 0. The maximum absolute atomic E-state index is 9.35. The molecule has 0 saturated heterocycles. The van der Waals surface area contributed by atoms with Gasteiger partial charge in [-0.05, 0) is 61.9 Å². The number of nitrogens with zero attached hydrogens (tertiary/aromatic N) is 2. The summed E-state index contributed by atoms with van der Waals surface area (Å²) in [7, 11) is 0. The number of rotatable bonds is 3. The number of benzene rings is 1. The van der Waals surface area contributed by atoms with Crippen LogP contribution in [0.3, 0.4) is 0 Å². The minimum absolute atomic E-state index is 0.618. The Kier molecular flexibility index (Phi) is 4.62. The molecule has 1 heterocycles. The van der Waals surface area contributed by atoms with Crippen LogP contribution in [0.15, 0.2) is 30.3 Å². The molecular formula is C20H23N3. The molecule has 3 nitrogen and oxygen atoms in total. The van der Waals surface area contributed by atoms with Gasteiger partial charge in [-0.3, -0.25) is 0 Å². The average molecular weight is 305 g/mol. The molecule has 0 atom stereocenters. The van der Waals surface area contributed by atoms with Crippen LogP contribution in [0.25, 0.3) is 0 Å². The fourth-order valence-corrected chi connectivity index (χ4v) is 3.48. The molecule has 0 aliphatic heterocycles. The number of pyridine rings is 1. The second-order valence-corrected chi connectivity index (χ2v) is 6.50. The van der Waals surface area contributed by atoms with Crippen molar-refractivity contribution < 1.29 is 0 Å². The van der Waals surface area contributed by atoms with Crippen LogP contribution in [-0.2, 0) is 0 Å². The lowest BCUT2D eigenvalue weighted by atomic mass is 9.84. The van der Waals surface area contributed by atoms with Crippen LogP contribution in [0.4, 0.5) is 11.5 Å². The fourth-order valence-electron chi connectivity index (χ4n) is 3.48. The Morgan fingerprint density at radius 1 is 1.09 bits per heavy atom. The van der Waals surface area contributed by atoms with E-state index in [1.807, 2.05) is 19.9 Å². The first kappa shape index (κ1) is 15.6. The largest absolute Gasteiger partial charge is 0.339 e. The van der Waals surface area contributed by atoms with Crippen LogP contribution < -0.4 is 5.32 Å². The Balaban J connectivity index is 1.80. The van der Waals surface area contributed by atoms with Crippen molar-refractivity contribution in [2.24, 2.45) is 0 Å². The Hall–Kier alpha value is -2.34. The molecule has 1 N–H and O–H groups in total. The monoisotopic (exact) mass is 305 g/mol. The fraction of sp³-hybridized carbons (Fsp3) is 0.400. The molecule has 0 bridgehead atoms. The van der Waals surface area contributed by atoms with Gasteiger partial charge in [-0.1, -0.05) is 31.4 Å². The van der Waals surface area contributed by atoms with E-state index in [2.05, 4.69) is 40.6 Å². The van der Waals surface area contributed by atoms with Crippen molar-refractivity contribution in [2.75, 3.05) is 5.32 Å². The van der Waals surface area contributed by atoms with E-state index in [-0.39, 0.29) is 0 Å². The Bertz CT molecular complexity index is 720. The van der Waals surface area contributed by atoms with E-state index in [1.165, 1.54) is 37.7 Å². The molecule has 1 fully saturated rings. The van der Waals surface area contributed by atoms with Crippen molar-refractivity contribution in [2.45, 2.75) is 51.9 Å². The van der Waals surface area contributed by atoms with Gasteiger partial charge in [-0.15, -0.1) is 0 Å². The van der Waals surface area contributed by atoms with E-state index in [0.717, 1.165) is 16.9 Å². The van der Waals surface area contributed by atoms with Crippen molar-refractivity contribution in [1.29, 1.82) is 5.26 Å². The smallest absolute Gasteiger partial charge is 0.148 e. The standard InChI is InChI=1S/C20H23N3/c1-14-12-15(2)22-20(19(14)13-21)23-18-10-8-17(9-11-18)16-6-4-3-5-7-16/h8-12,16H,3-7H2,1-2H3,(H,22,23). The zero-order valence-electron chi connectivity index (χ0n) is 13.9. The normalized spacial score (nSPS) is 15.2. The highest BCUT2D eigenvalue weighted by Gasteiger charge is 2.15. The summed E-state index contributed by atoms with van der Waals surface area (Å²) in [5.74, 6) is 1.36. The lowest BCUT2D eigenvalue weighted by Gasteiger charge is -2.22. The van der Waals surface area contributed by atoms with Gasteiger partial charge in [0.25, 0.3) is 0 Å². The first-order valence-corrected chi connectivity index (χ1v) is 8.42. The summed E-state index contributed by atoms with van der Waals surface area (Å²) in [5, 5.41) is 12.7. The van der Waals surface area contributed by atoms with Gasteiger partial charge in [0.15, 0.2) is 0 Å². The van der Waals surface area contributed by atoms with Gasteiger partial charge in [0, 0.05) is 11.4 Å². The Labute approximate surface area is 138 Å². The van der Waals surface area contributed by atoms with E-state index in [1.54, 1.807) is 0 Å². The van der Waals surface area contributed by atoms with Crippen molar-refractivity contribution in [3.63, 3.8) is 0 Å². The summed E-state index contributed by atoms with van der Waals surface area (Å²) in [6.45, 7) is 3.90. The van der Waals surface area contributed by atoms with E-state index in [4.69, 9.17) is 0 Å². The van der Waals surface area contributed by atoms with E-state index in [9.17, 15) is 5.26 Å². The highest BCUT2D eigenvalue weighted by molar-refractivity contribution is 5.65. The molecule has 1 aromatic carbocycles. The van der Waals surface area contributed by atoms with Crippen LogP contribution in [0.2, 0.25) is 0 Å². The summed E-state index contributed by atoms with van der Waals surface area (Å²) in [6, 6.07) is 12.8. The molecule has 23 heavy (non-hydrogen) atoms. The first-order valence-electron chi connectivity index (χ1n) is 8.42. The number of aromatic nitrogens is 1. The van der Waals surface area contributed by atoms with Crippen molar-refractivity contribution in [3.8, 4) is 6.07 Å². The molecule has 1 saturated carbocycles. The molecular weight excluding hydrogens is 282 g/mol. The zero-order valence-corrected chi connectivity index (χ0v) is 13.9. The predicted octanol–water partition coefficient (Wildman–Crippen LogP) is 5.36. The number of nitrogens with one attached hydrogen (secondary N) is 1. The van der Waals surface area contributed by atoms with Gasteiger partial charge in [-0.25, -0.2) is 4.98 Å². The lowest BCUT2D eigenvalue weighted by molar-refractivity contribution is 0.443. The summed E-state index contributed by atoms with van der Waals surface area (Å²) >= 11 is 0. The highest BCUT2D eigenvalue weighted by atomic mass is 15.0. The van der Waals surface area contributed by atoms with Crippen molar-refractivity contribution >= 4 is 11.5 Å². The molecule has 0 spiro atoms. The molecule has 1 aromatic heterocycles. The Morgan fingerprint density at radius 2 is 1.78 bits per heavy atom. The van der Waals surface area contributed by atoms with Gasteiger partial charge < -0.3 is 5.32 Å². The first-order chi connectivity index (χ1) is 11.2. The summed E-state index contributed by atoms with van der Waals surface area (Å²) in [4.78, 5) is 4.48. The molecule has 3 heteroatoms. The summed E-state index contributed by atoms with van der Waals surface area (Å²) in [6.07, 6.45) is 6.70. The molecule has 2 aromatic rings. The number of hydrogen-bond donors (Lipinski definition) is 1. The van der Waals surface area contributed by atoms with Crippen molar-refractivity contribution in [3.05, 3.63) is 52.7 Å². The second kappa shape index (κ2) is 6.83. The van der Waals surface area contributed by atoms with Gasteiger partial charge in [0.1, 0.15) is 11.9 Å². The minimum atomic E-state index is 0.618. The quantitative estimate of drug-likeness (QED) is 0.830. The van der Waals surface area contributed by atoms with E-state index < -0.39 is 0 Å². The number of nitriles is 1. The van der Waals surface area contributed by atoms with Crippen LogP contribution in [0.1, 0.15) is 60.4 Å². The van der Waals surface area contributed by atoms with Crippen LogP contribution >= 0.6 is 0 Å². The van der Waals surface area contributed by atoms with Gasteiger partial charge in [-0.2, -0.15) is 5.26 Å². The minimum Gasteiger partial charge on any atom is -0.339 e. The lowest BCUT2D eigenvalue weighted by Crippen LogP contribution is -2.05. The molecule has 1 aliphatic rings. The van der Waals surface area contributed by atoms with Crippen LogP contribution in [-0.4, -0.2) is 4.98 Å². The summed E-state index contributed by atoms with van der Waals surface area (Å²) in [5.41, 5.74) is 4.92. The maximum Gasteiger partial charge on any atom is 0.148 e. The molecule has 3 rings (SSSR count). The average Bonchev–Trinajstić information content (AvgIpc) is 2.56. The van der Waals surface area contributed by atoms with Crippen LogP contribution in [0, 0.1) is 25.2 Å². The topological polar surface area (TPSA) is 48.7 Å². The molecule has 118 valence electrons. The maximum atomic E-state index is 9.35. The highest BCUT2D eigenvalue weighted by Crippen LogP contribution is 2.33.